The zero-order valence-corrected chi connectivity index (χ0v) is 14.1. The van der Waals surface area contributed by atoms with E-state index in [2.05, 4.69) is 42.6 Å². The number of hydrogen-bond acceptors (Lipinski definition) is 4. The lowest BCUT2D eigenvalue weighted by Gasteiger charge is -2.27. The first kappa shape index (κ1) is 14.2. The van der Waals surface area contributed by atoms with E-state index in [1.807, 2.05) is 34.8 Å². The molecule has 2 aromatic heterocycles. The number of nitrogens with one attached hydrogen (secondary N) is 1. The second kappa shape index (κ2) is 5.54. The van der Waals surface area contributed by atoms with E-state index in [1.165, 1.54) is 27.5 Å². The molecule has 108 valence electrons. The molecule has 2 atom stereocenters. The molecule has 0 aliphatic carbocycles. The fourth-order valence-electron chi connectivity index (χ4n) is 2.84. The molecule has 1 unspecified atom stereocenters. The average molecular weight is 307 g/mol. The number of thiophene rings is 1. The molecule has 1 N–H and O–H groups in total. The molecule has 0 radical (unpaired) electrons. The van der Waals surface area contributed by atoms with Crippen molar-refractivity contribution in [3.05, 3.63) is 34.0 Å². The number of thioether (sulfide) groups is 1. The van der Waals surface area contributed by atoms with Crippen LogP contribution in [0.5, 0.6) is 0 Å². The number of fused-ring (bicyclic) bond motifs is 1. The van der Waals surface area contributed by atoms with Gasteiger partial charge >= 0.3 is 0 Å². The SMILES string of the molecule is Cc1nn(C)c(C)c1CNC1C[C@H](C)Sc2sccc21. The Hall–Kier alpha value is -0.780. The lowest BCUT2D eigenvalue weighted by atomic mass is 10.0. The second-order valence-corrected chi connectivity index (χ2v) is 8.16. The van der Waals surface area contributed by atoms with E-state index in [4.69, 9.17) is 0 Å². The summed E-state index contributed by atoms with van der Waals surface area (Å²) in [6.07, 6.45) is 1.20. The molecule has 0 aromatic carbocycles. The molecule has 1 aliphatic heterocycles. The van der Waals surface area contributed by atoms with Crippen LogP contribution < -0.4 is 5.32 Å². The summed E-state index contributed by atoms with van der Waals surface area (Å²) in [4.78, 5) is 0. The van der Waals surface area contributed by atoms with E-state index < -0.39 is 0 Å². The minimum atomic E-state index is 0.478. The molecule has 0 saturated carbocycles. The Balaban J connectivity index is 1.76. The average Bonchev–Trinajstić information content (AvgIpc) is 2.94. The van der Waals surface area contributed by atoms with Gasteiger partial charge in [0.15, 0.2) is 0 Å². The molecule has 20 heavy (non-hydrogen) atoms. The van der Waals surface area contributed by atoms with Gasteiger partial charge in [0.2, 0.25) is 0 Å². The highest BCUT2D eigenvalue weighted by atomic mass is 32.2. The van der Waals surface area contributed by atoms with Gasteiger partial charge in [0.1, 0.15) is 0 Å². The maximum atomic E-state index is 4.50. The minimum Gasteiger partial charge on any atom is -0.306 e. The van der Waals surface area contributed by atoms with Crippen LogP contribution in [0.1, 0.15) is 41.9 Å². The Bertz CT molecular complexity index is 615. The predicted octanol–water partition coefficient (Wildman–Crippen LogP) is 3.81. The minimum absolute atomic E-state index is 0.478. The van der Waals surface area contributed by atoms with Crippen LogP contribution >= 0.6 is 23.1 Å². The number of rotatable bonds is 3. The third-order valence-electron chi connectivity index (χ3n) is 4.09. The molecule has 2 aromatic rings. The Kier molecular flexibility index (Phi) is 3.93. The molecule has 5 heteroatoms. The van der Waals surface area contributed by atoms with Crippen molar-refractivity contribution in [1.29, 1.82) is 0 Å². The standard InChI is InChI=1S/C15H21N3S2/c1-9-7-14(12-5-6-19-15(12)20-9)16-8-13-10(2)17-18(4)11(13)3/h5-6,9,14,16H,7-8H2,1-4H3/t9-,14?/m0/s1. The van der Waals surface area contributed by atoms with Crippen LogP contribution in [0.15, 0.2) is 15.7 Å². The van der Waals surface area contributed by atoms with Crippen LogP contribution in [0.25, 0.3) is 0 Å². The normalized spacial score (nSPS) is 22.0. The first-order valence-electron chi connectivity index (χ1n) is 7.02. The molecule has 0 saturated heterocycles. The lowest BCUT2D eigenvalue weighted by Crippen LogP contribution is -2.26. The fraction of sp³-hybridized carbons (Fsp3) is 0.533. The third kappa shape index (κ3) is 2.54. The summed E-state index contributed by atoms with van der Waals surface area (Å²) in [7, 11) is 2.02. The molecule has 3 nitrogen and oxygen atoms in total. The third-order valence-corrected chi connectivity index (χ3v) is 6.44. The maximum absolute atomic E-state index is 4.50. The van der Waals surface area contributed by atoms with E-state index in [0.717, 1.165) is 12.2 Å². The number of nitrogens with zero attached hydrogens (tertiary/aromatic N) is 2. The molecule has 0 spiro atoms. The van der Waals surface area contributed by atoms with E-state index in [0.29, 0.717) is 11.3 Å². The van der Waals surface area contributed by atoms with Crippen LogP contribution in [0.4, 0.5) is 0 Å². The van der Waals surface area contributed by atoms with Gasteiger partial charge in [-0.1, -0.05) is 6.92 Å². The highest BCUT2D eigenvalue weighted by Gasteiger charge is 2.26. The van der Waals surface area contributed by atoms with Crippen LogP contribution in [0, 0.1) is 13.8 Å². The number of aryl methyl sites for hydroxylation is 2. The zero-order chi connectivity index (χ0) is 14.3. The molecule has 3 heterocycles. The summed E-state index contributed by atoms with van der Waals surface area (Å²) in [5.74, 6) is 0. The summed E-state index contributed by atoms with van der Waals surface area (Å²) < 4.78 is 3.46. The fourth-order valence-corrected chi connectivity index (χ4v) is 5.41. The Morgan fingerprint density at radius 3 is 2.95 bits per heavy atom. The first-order valence-corrected chi connectivity index (χ1v) is 8.78. The van der Waals surface area contributed by atoms with Crippen molar-refractivity contribution in [3.63, 3.8) is 0 Å². The van der Waals surface area contributed by atoms with Gasteiger partial charge in [-0.05, 0) is 37.3 Å². The van der Waals surface area contributed by atoms with Crippen molar-refractivity contribution in [2.24, 2.45) is 7.05 Å². The molecule has 0 bridgehead atoms. The van der Waals surface area contributed by atoms with Crippen molar-refractivity contribution in [3.8, 4) is 0 Å². The van der Waals surface area contributed by atoms with Crippen LogP contribution in [0.2, 0.25) is 0 Å². The summed E-state index contributed by atoms with van der Waals surface area (Å²) in [6.45, 7) is 7.47. The summed E-state index contributed by atoms with van der Waals surface area (Å²) in [5, 5.41) is 11.1. The van der Waals surface area contributed by atoms with Crippen LogP contribution in [-0.4, -0.2) is 15.0 Å². The summed E-state index contributed by atoms with van der Waals surface area (Å²) in [5.41, 5.74) is 5.23. The molecule has 3 rings (SSSR count). The second-order valence-electron chi connectivity index (χ2n) is 5.53. The summed E-state index contributed by atoms with van der Waals surface area (Å²) in [6, 6.07) is 2.76. The smallest absolute Gasteiger partial charge is 0.0649 e. The van der Waals surface area contributed by atoms with Gasteiger partial charge in [-0.2, -0.15) is 5.10 Å². The van der Waals surface area contributed by atoms with E-state index in [1.54, 1.807) is 0 Å². The van der Waals surface area contributed by atoms with Crippen molar-refractivity contribution in [2.45, 2.75) is 49.2 Å². The van der Waals surface area contributed by atoms with E-state index in [9.17, 15) is 0 Å². The lowest BCUT2D eigenvalue weighted by molar-refractivity contribution is 0.486. The van der Waals surface area contributed by atoms with Gasteiger partial charge in [0.25, 0.3) is 0 Å². The topological polar surface area (TPSA) is 29.9 Å². The number of hydrogen-bond donors (Lipinski definition) is 1. The van der Waals surface area contributed by atoms with E-state index >= 15 is 0 Å². The molecular formula is C15H21N3S2. The number of aromatic nitrogens is 2. The molecule has 0 amide bonds. The maximum Gasteiger partial charge on any atom is 0.0649 e. The monoisotopic (exact) mass is 307 g/mol. The van der Waals surface area contributed by atoms with Gasteiger partial charge in [-0.3, -0.25) is 4.68 Å². The van der Waals surface area contributed by atoms with Crippen molar-refractivity contribution < 1.29 is 0 Å². The van der Waals surface area contributed by atoms with Crippen LogP contribution in [0.3, 0.4) is 0 Å². The Morgan fingerprint density at radius 1 is 1.45 bits per heavy atom. The van der Waals surface area contributed by atoms with E-state index in [-0.39, 0.29) is 0 Å². The first-order chi connectivity index (χ1) is 9.56. The quantitative estimate of drug-likeness (QED) is 0.935. The predicted molar refractivity (Wildman–Crippen MR) is 86.5 cm³/mol. The summed E-state index contributed by atoms with van der Waals surface area (Å²) >= 11 is 3.89. The highest BCUT2D eigenvalue weighted by Crippen LogP contribution is 2.43. The van der Waals surface area contributed by atoms with Crippen molar-refractivity contribution >= 4 is 23.1 Å². The van der Waals surface area contributed by atoms with Gasteiger partial charge in [0, 0.05) is 36.1 Å². The van der Waals surface area contributed by atoms with Gasteiger partial charge < -0.3 is 5.32 Å². The zero-order valence-electron chi connectivity index (χ0n) is 12.4. The van der Waals surface area contributed by atoms with Gasteiger partial charge in [0.05, 0.1) is 9.90 Å². The van der Waals surface area contributed by atoms with Gasteiger partial charge in [-0.25, -0.2) is 0 Å². The van der Waals surface area contributed by atoms with Crippen LogP contribution in [-0.2, 0) is 13.6 Å². The largest absolute Gasteiger partial charge is 0.306 e. The van der Waals surface area contributed by atoms with Crippen molar-refractivity contribution in [2.75, 3.05) is 0 Å². The molecule has 1 aliphatic rings. The Labute approximate surface area is 128 Å². The van der Waals surface area contributed by atoms with Crippen molar-refractivity contribution in [1.82, 2.24) is 15.1 Å². The molecule has 0 fully saturated rings. The highest BCUT2D eigenvalue weighted by molar-refractivity contribution is 8.01. The van der Waals surface area contributed by atoms with Gasteiger partial charge in [-0.15, -0.1) is 23.1 Å². The Morgan fingerprint density at radius 2 is 2.25 bits per heavy atom. The molecular weight excluding hydrogens is 286 g/mol.